The van der Waals surface area contributed by atoms with Gasteiger partial charge in [0.25, 0.3) is 0 Å². The van der Waals surface area contributed by atoms with Crippen molar-refractivity contribution in [1.29, 1.82) is 0 Å². The van der Waals surface area contributed by atoms with Crippen LogP contribution in [0.25, 0.3) is 0 Å². The molecule has 7 heteroatoms. The van der Waals surface area contributed by atoms with E-state index in [1.807, 2.05) is 0 Å². The molecule has 1 aromatic carbocycles. The number of alkyl halides is 2. The molecule has 5 nitrogen and oxygen atoms in total. The summed E-state index contributed by atoms with van der Waals surface area (Å²) in [7, 11) is 0. The van der Waals surface area contributed by atoms with E-state index in [4.69, 9.17) is 0 Å². The monoisotopic (exact) mass is 314 g/mol. The maximum Gasteiger partial charge on any atom is 0.387 e. The number of ether oxygens (including phenoxy) is 1. The van der Waals surface area contributed by atoms with Gasteiger partial charge < -0.3 is 20.5 Å². The highest BCUT2D eigenvalue weighted by atomic mass is 19.3. The van der Waals surface area contributed by atoms with Crippen molar-refractivity contribution in [1.82, 2.24) is 5.32 Å². The molecule has 22 heavy (non-hydrogen) atoms. The topological polar surface area (TPSA) is 70.6 Å². The molecule has 1 aliphatic carbocycles. The Morgan fingerprint density at radius 3 is 2.45 bits per heavy atom. The van der Waals surface area contributed by atoms with Gasteiger partial charge in [-0.15, -0.1) is 0 Å². The van der Waals surface area contributed by atoms with Gasteiger partial charge in [0.2, 0.25) is 5.91 Å². The number of carbonyl (C=O) groups excluding carboxylic acids is 1. The van der Waals surface area contributed by atoms with Crippen LogP contribution in [0.2, 0.25) is 0 Å². The van der Waals surface area contributed by atoms with E-state index in [0.29, 0.717) is 5.69 Å². The third kappa shape index (κ3) is 4.64. The van der Waals surface area contributed by atoms with Crippen molar-refractivity contribution in [2.45, 2.75) is 37.8 Å². The van der Waals surface area contributed by atoms with Gasteiger partial charge in [0.15, 0.2) is 0 Å². The summed E-state index contributed by atoms with van der Waals surface area (Å²) in [4.78, 5) is 11.9. The highest BCUT2D eigenvalue weighted by Crippen LogP contribution is 2.28. The summed E-state index contributed by atoms with van der Waals surface area (Å²) >= 11 is 0. The summed E-state index contributed by atoms with van der Waals surface area (Å²) in [6.07, 6.45) is 3.80. The predicted octanol–water partition coefficient (Wildman–Crippen LogP) is 2.12. The lowest BCUT2D eigenvalue weighted by molar-refractivity contribution is -0.115. The van der Waals surface area contributed by atoms with Crippen LogP contribution in [-0.4, -0.2) is 36.3 Å². The summed E-state index contributed by atoms with van der Waals surface area (Å²) in [6.45, 7) is -2.76. The van der Waals surface area contributed by atoms with Crippen LogP contribution in [0.4, 0.5) is 14.5 Å². The second-order valence-electron chi connectivity index (χ2n) is 5.45. The lowest BCUT2D eigenvalue weighted by Gasteiger charge is -2.27. The van der Waals surface area contributed by atoms with Gasteiger partial charge in [-0.3, -0.25) is 4.79 Å². The summed E-state index contributed by atoms with van der Waals surface area (Å²) in [5, 5.41) is 15.2. The van der Waals surface area contributed by atoms with Crippen LogP contribution in [0.15, 0.2) is 24.3 Å². The fourth-order valence-corrected chi connectivity index (χ4v) is 2.64. The highest BCUT2D eigenvalue weighted by Gasteiger charge is 2.32. The maximum absolute atomic E-state index is 12.0. The standard InChI is InChI=1S/C15H20F2N2O3/c16-14(17)22-12-5-3-11(4-6-12)19-13(21)9-18-15(10-20)7-1-2-8-15/h3-6,14,18,20H,1-2,7-10H2,(H,19,21). The molecule has 0 heterocycles. The second-order valence-corrected chi connectivity index (χ2v) is 5.45. The summed E-state index contributed by atoms with van der Waals surface area (Å²) in [6, 6.07) is 5.71. The number of benzene rings is 1. The minimum absolute atomic E-state index is 0.0138. The Balaban J connectivity index is 1.81. The molecule has 2 rings (SSSR count). The van der Waals surface area contributed by atoms with E-state index in [2.05, 4.69) is 15.4 Å². The predicted molar refractivity (Wildman–Crippen MR) is 78.0 cm³/mol. The molecule has 0 unspecified atom stereocenters. The number of amides is 1. The van der Waals surface area contributed by atoms with E-state index in [1.165, 1.54) is 24.3 Å². The van der Waals surface area contributed by atoms with Gasteiger partial charge in [0, 0.05) is 11.2 Å². The van der Waals surface area contributed by atoms with E-state index in [-0.39, 0.29) is 30.3 Å². The third-order valence-electron chi connectivity index (χ3n) is 3.85. The molecule has 1 aliphatic rings. The van der Waals surface area contributed by atoms with Gasteiger partial charge in [0.05, 0.1) is 13.2 Å². The molecule has 122 valence electrons. The van der Waals surface area contributed by atoms with Crippen LogP contribution in [0.3, 0.4) is 0 Å². The van der Waals surface area contributed by atoms with Crippen LogP contribution in [-0.2, 0) is 4.79 Å². The number of nitrogens with one attached hydrogen (secondary N) is 2. The van der Waals surface area contributed by atoms with E-state index < -0.39 is 6.61 Å². The van der Waals surface area contributed by atoms with Crippen LogP contribution in [0, 0.1) is 0 Å². The van der Waals surface area contributed by atoms with Crippen molar-refractivity contribution in [2.24, 2.45) is 0 Å². The Hall–Kier alpha value is -1.73. The average Bonchev–Trinajstić information content (AvgIpc) is 2.96. The van der Waals surface area contributed by atoms with Gasteiger partial charge in [-0.2, -0.15) is 8.78 Å². The van der Waals surface area contributed by atoms with Crippen molar-refractivity contribution in [3.8, 4) is 5.75 Å². The first kappa shape index (κ1) is 16.6. The zero-order valence-corrected chi connectivity index (χ0v) is 12.1. The maximum atomic E-state index is 12.0. The fourth-order valence-electron chi connectivity index (χ4n) is 2.64. The largest absolute Gasteiger partial charge is 0.435 e. The van der Waals surface area contributed by atoms with E-state index in [9.17, 15) is 18.7 Å². The minimum atomic E-state index is -2.87. The van der Waals surface area contributed by atoms with Crippen molar-refractivity contribution in [3.63, 3.8) is 0 Å². The zero-order chi connectivity index (χ0) is 16.0. The van der Waals surface area contributed by atoms with Crippen LogP contribution < -0.4 is 15.4 Å². The van der Waals surface area contributed by atoms with Gasteiger partial charge >= 0.3 is 6.61 Å². The number of anilines is 1. The highest BCUT2D eigenvalue weighted by molar-refractivity contribution is 5.92. The lowest BCUT2D eigenvalue weighted by Crippen LogP contribution is -2.49. The zero-order valence-electron chi connectivity index (χ0n) is 12.1. The van der Waals surface area contributed by atoms with Crippen molar-refractivity contribution in [2.75, 3.05) is 18.5 Å². The molecule has 3 N–H and O–H groups in total. The first-order chi connectivity index (χ1) is 10.5. The Morgan fingerprint density at radius 1 is 1.27 bits per heavy atom. The molecule has 0 spiro atoms. The number of aliphatic hydroxyl groups is 1. The SMILES string of the molecule is O=C(CNC1(CO)CCCC1)Nc1ccc(OC(F)F)cc1. The number of halogens is 2. The number of hydrogen-bond donors (Lipinski definition) is 3. The Labute approximate surface area is 127 Å². The number of carbonyl (C=O) groups is 1. The third-order valence-corrected chi connectivity index (χ3v) is 3.85. The smallest absolute Gasteiger partial charge is 0.387 e. The van der Waals surface area contributed by atoms with Crippen LogP contribution in [0.5, 0.6) is 5.75 Å². The van der Waals surface area contributed by atoms with E-state index >= 15 is 0 Å². The molecule has 0 bridgehead atoms. The Bertz CT molecular complexity index is 488. The Morgan fingerprint density at radius 2 is 1.91 bits per heavy atom. The summed E-state index contributed by atoms with van der Waals surface area (Å²) < 4.78 is 28.3. The molecule has 1 aromatic rings. The van der Waals surface area contributed by atoms with Gasteiger partial charge in [-0.1, -0.05) is 12.8 Å². The molecule has 1 saturated carbocycles. The summed E-state index contributed by atoms with van der Waals surface area (Å²) in [5.74, 6) is -0.210. The molecule has 0 atom stereocenters. The minimum Gasteiger partial charge on any atom is -0.435 e. The van der Waals surface area contributed by atoms with Crippen molar-refractivity contribution >= 4 is 11.6 Å². The molecule has 0 aromatic heterocycles. The molecular weight excluding hydrogens is 294 g/mol. The van der Waals surface area contributed by atoms with E-state index in [1.54, 1.807) is 0 Å². The molecule has 0 radical (unpaired) electrons. The van der Waals surface area contributed by atoms with Crippen LogP contribution in [0.1, 0.15) is 25.7 Å². The normalized spacial score (nSPS) is 16.7. The first-order valence-electron chi connectivity index (χ1n) is 7.24. The number of aliphatic hydroxyl groups excluding tert-OH is 1. The number of rotatable bonds is 7. The average molecular weight is 314 g/mol. The number of hydrogen-bond acceptors (Lipinski definition) is 4. The molecular formula is C15H20F2N2O3. The quantitative estimate of drug-likeness (QED) is 0.721. The molecule has 1 amide bonds. The van der Waals surface area contributed by atoms with Crippen molar-refractivity contribution in [3.05, 3.63) is 24.3 Å². The first-order valence-corrected chi connectivity index (χ1v) is 7.24. The lowest BCUT2D eigenvalue weighted by atomic mass is 9.99. The van der Waals surface area contributed by atoms with E-state index in [0.717, 1.165) is 25.7 Å². The fraction of sp³-hybridized carbons (Fsp3) is 0.533. The molecule has 1 fully saturated rings. The second kappa shape index (κ2) is 7.51. The van der Waals surface area contributed by atoms with Gasteiger partial charge in [0.1, 0.15) is 5.75 Å². The molecule has 0 aliphatic heterocycles. The summed E-state index contributed by atoms with van der Waals surface area (Å²) in [5.41, 5.74) is 0.143. The van der Waals surface area contributed by atoms with Crippen LogP contribution >= 0.6 is 0 Å². The van der Waals surface area contributed by atoms with Crippen molar-refractivity contribution < 1.29 is 23.4 Å². The van der Waals surface area contributed by atoms with Gasteiger partial charge in [-0.25, -0.2) is 0 Å². The van der Waals surface area contributed by atoms with Gasteiger partial charge in [-0.05, 0) is 37.1 Å². The molecule has 0 saturated heterocycles. The Kier molecular flexibility index (Phi) is 5.68.